The van der Waals surface area contributed by atoms with Gasteiger partial charge in [-0.15, -0.1) is 0 Å². The SMILES string of the molecule is NC1=CC2=C(CC[C@H]3CC[C@@H]4CC[C@]5([C@@H]6CNCN6)C(=C[C@]6(O)[C@H](Oc7cc8oc(-c9ccc(O[C@@H](CO)[C@H](O)c%10ccc(N)[nH]%10)cc9)cc(=O)c8c(O)c7O[C@H](O)c7cccc(O)c7)O[C@H](C(=O)O)[C@]5(O)[C@H]6O)[C@@]243)CN1. The number of anilines is 1. The second-order valence-electron chi connectivity index (χ2n) is 21.4. The molecule has 3 aromatic carbocycles. The van der Waals surface area contributed by atoms with Gasteiger partial charge >= 0.3 is 5.97 Å². The predicted octanol–water partition coefficient (Wildman–Crippen LogP) is 2.08. The van der Waals surface area contributed by atoms with E-state index < -0.39 is 106 Å². The number of nitrogens with two attached hydrogens (primary N) is 2. The van der Waals surface area contributed by atoms with Crippen molar-refractivity contribution in [3.63, 3.8) is 0 Å². The first kappa shape index (κ1) is 50.7. The van der Waals surface area contributed by atoms with Gasteiger partial charge < -0.3 is 96.4 Å². The molecule has 0 radical (unpaired) electrons. The highest BCUT2D eigenvalue weighted by atomic mass is 16.7. The first-order chi connectivity index (χ1) is 36.9. The third kappa shape index (κ3) is 7.56. The minimum absolute atomic E-state index is 0.00705. The van der Waals surface area contributed by atoms with Gasteiger partial charge in [-0.2, -0.15) is 0 Å². The van der Waals surface area contributed by atoms with Gasteiger partial charge in [-0.1, -0.05) is 12.1 Å². The molecule has 13 atom stereocenters. The topological polar surface area (TPSA) is 370 Å². The fraction of sp³-hybridized carbons (Fsp3) is 0.418. The van der Waals surface area contributed by atoms with Crippen LogP contribution in [0.1, 0.15) is 62.2 Å². The number of aliphatic hydroxyl groups excluding tert-OH is 4. The first-order valence-corrected chi connectivity index (χ1v) is 25.7. The van der Waals surface area contributed by atoms with Crippen molar-refractivity contribution in [3.8, 4) is 40.1 Å². The van der Waals surface area contributed by atoms with Gasteiger partial charge in [0.15, 0.2) is 34.7 Å². The lowest BCUT2D eigenvalue weighted by Crippen LogP contribution is -2.84. The van der Waals surface area contributed by atoms with Crippen LogP contribution in [-0.4, -0.2) is 125 Å². The molecule has 4 aliphatic carbocycles. The maximum atomic E-state index is 14.2. The van der Waals surface area contributed by atoms with Crippen molar-refractivity contribution in [1.29, 1.82) is 0 Å². The molecule has 12 rings (SSSR count). The summed E-state index contributed by atoms with van der Waals surface area (Å²) < 4.78 is 31.0. The van der Waals surface area contributed by atoms with Crippen LogP contribution in [-0.2, 0) is 9.53 Å². The van der Waals surface area contributed by atoms with E-state index in [-0.39, 0.29) is 53.2 Å². The van der Waals surface area contributed by atoms with E-state index in [0.29, 0.717) is 48.1 Å². The summed E-state index contributed by atoms with van der Waals surface area (Å²) in [5.41, 5.74) is 6.44. The van der Waals surface area contributed by atoms with Gasteiger partial charge in [0.25, 0.3) is 0 Å². The second-order valence-corrected chi connectivity index (χ2v) is 21.4. The van der Waals surface area contributed by atoms with Gasteiger partial charge in [-0.3, -0.25) is 10.1 Å². The molecule has 77 heavy (non-hydrogen) atoms. The van der Waals surface area contributed by atoms with Crippen molar-refractivity contribution < 1.29 is 74.1 Å². The van der Waals surface area contributed by atoms with Gasteiger partial charge in [-0.05, 0) is 128 Å². The highest BCUT2D eigenvalue weighted by Crippen LogP contribution is 2.75. The van der Waals surface area contributed by atoms with Gasteiger partial charge in [0, 0.05) is 65.6 Å². The molecule has 2 aromatic heterocycles. The number of carboxylic acids is 1. The second kappa shape index (κ2) is 18.5. The Morgan fingerprint density at radius 2 is 1.73 bits per heavy atom. The normalized spacial score (nSPS) is 32.3. The van der Waals surface area contributed by atoms with Crippen LogP contribution in [0.25, 0.3) is 22.3 Å². The lowest BCUT2D eigenvalue weighted by molar-refractivity contribution is -0.362. The Kier molecular flexibility index (Phi) is 12.2. The Bertz CT molecular complexity index is 3340. The van der Waals surface area contributed by atoms with E-state index in [2.05, 4.69) is 20.9 Å². The van der Waals surface area contributed by atoms with E-state index in [9.17, 15) is 55.5 Å². The van der Waals surface area contributed by atoms with Crippen LogP contribution < -0.4 is 47.1 Å². The monoisotopic (exact) mass is 1060 g/mol. The van der Waals surface area contributed by atoms with Crippen LogP contribution in [0.5, 0.6) is 28.7 Å². The molecule has 2 saturated carbocycles. The average molecular weight is 1060 g/mol. The molecule has 1 spiro atoms. The number of aromatic amines is 1. The molecule has 5 aromatic rings. The minimum Gasteiger partial charge on any atom is -0.508 e. The number of allylic oxidation sites excluding steroid dienone is 2. The largest absolute Gasteiger partial charge is 0.508 e. The standard InChI is InChI=1S/C55H60N6O16/c56-41-13-12-33(61-41)44(65)38(23-62)73-31-10-5-25(6-11-31)35-18-34(64)43-36(74-35)19-37(46(45(43)66)76-49(69)26-2-1-3-30(63)16-26)75-51-53(71)20-39-52(40-22-58-24-60-40,55(72,50(53)70)47(77-51)48(67)68)15-14-29-9-8-28-7-4-27-21-59-42(57)17-32(27)54(28,29)39/h1-3,5-6,10-13,16-20,28-29,38,40,44,47,49-51,58-63,65-66,69-72H,4,7-9,14-15,21-24,56-57H2,(H,67,68)/t28-,29+,38-,40-,44+,47+,49-,50-,51+,52+,53+,54+,55-/m0/s1. The number of nitrogen functional groups attached to an aromatic ring is 1. The number of aliphatic hydroxyl groups is 6. The Morgan fingerprint density at radius 1 is 0.948 bits per heavy atom. The molecule has 4 fully saturated rings. The van der Waals surface area contributed by atoms with Gasteiger partial charge in [0.2, 0.25) is 18.3 Å². The van der Waals surface area contributed by atoms with Crippen molar-refractivity contribution in [2.45, 2.75) is 92.8 Å². The van der Waals surface area contributed by atoms with Crippen LogP contribution in [0.15, 0.2) is 117 Å². The molecule has 22 heteroatoms. The number of phenolic OH excluding ortho intramolecular Hbond substituents is 2. The number of aromatic hydroxyl groups is 2. The Hall–Kier alpha value is -7.12. The fourth-order valence-electron chi connectivity index (χ4n) is 14.2. The number of hydrogen-bond acceptors (Lipinski definition) is 20. The molecule has 0 amide bonds. The molecule has 22 nitrogen and oxygen atoms in total. The maximum Gasteiger partial charge on any atom is 0.336 e. The third-order valence-electron chi connectivity index (χ3n) is 17.6. The number of carboxylic acid groups (broad SMARTS) is 1. The van der Waals surface area contributed by atoms with Crippen molar-refractivity contribution in [2.75, 3.05) is 32.1 Å². The van der Waals surface area contributed by atoms with E-state index in [1.54, 1.807) is 12.1 Å². The summed E-state index contributed by atoms with van der Waals surface area (Å²) in [4.78, 5) is 30.9. The number of H-pyrrole nitrogens is 1. The number of carbonyl (C=O) groups is 1. The number of hydrogen-bond donors (Lipinski definition) is 15. The Morgan fingerprint density at radius 3 is 2.43 bits per heavy atom. The predicted molar refractivity (Wildman–Crippen MR) is 273 cm³/mol. The summed E-state index contributed by atoms with van der Waals surface area (Å²) in [5.74, 6) is -3.27. The van der Waals surface area contributed by atoms with Gasteiger partial charge in [-0.25, -0.2) is 4.79 Å². The minimum atomic E-state index is -2.77. The maximum absolute atomic E-state index is 14.2. The number of fused-ring (bicyclic) bond motifs is 5. The van der Waals surface area contributed by atoms with Crippen LogP contribution >= 0.6 is 0 Å². The van der Waals surface area contributed by atoms with Crippen LogP contribution in [0.4, 0.5) is 5.82 Å². The van der Waals surface area contributed by atoms with Crippen molar-refractivity contribution in [1.82, 2.24) is 20.9 Å². The summed E-state index contributed by atoms with van der Waals surface area (Å²) in [6.07, 6.45) is -3.86. The number of rotatable bonds is 13. The smallest absolute Gasteiger partial charge is 0.336 e. The number of aliphatic carboxylic acids is 1. The summed E-state index contributed by atoms with van der Waals surface area (Å²) in [6, 6.07) is 16.1. The van der Waals surface area contributed by atoms with E-state index in [1.165, 1.54) is 54.6 Å². The quantitative estimate of drug-likeness (QED) is 0.0593. The number of phenols is 2. The zero-order chi connectivity index (χ0) is 53.9. The van der Waals surface area contributed by atoms with Crippen LogP contribution in [0, 0.1) is 22.7 Å². The highest BCUT2D eigenvalue weighted by Gasteiger charge is 2.81. The van der Waals surface area contributed by atoms with Gasteiger partial charge in [0.1, 0.15) is 51.9 Å². The van der Waals surface area contributed by atoms with Crippen LogP contribution in [0.3, 0.4) is 0 Å². The van der Waals surface area contributed by atoms with E-state index >= 15 is 0 Å². The number of benzene rings is 3. The van der Waals surface area contributed by atoms with Crippen molar-refractivity contribution in [2.24, 2.45) is 28.4 Å². The zero-order valence-electron chi connectivity index (χ0n) is 41.4. The third-order valence-corrected chi connectivity index (χ3v) is 17.6. The van der Waals surface area contributed by atoms with Crippen LogP contribution in [0.2, 0.25) is 0 Å². The highest BCUT2D eigenvalue weighted by molar-refractivity contribution is 5.90. The number of aromatic nitrogens is 1. The Balaban J connectivity index is 0.996. The number of dihydropyridines is 1. The van der Waals surface area contributed by atoms with E-state index in [1.807, 2.05) is 6.08 Å². The lowest BCUT2D eigenvalue weighted by atomic mass is 9.39. The van der Waals surface area contributed by atoms with Crippen molar-refractivity contribution in [3.05, 3.63) is 129 Å². The molecular formula is C55H60N6O16. The lowest BCUT2D eigenvalue weighted by Gasteiger charge is -2.70. The molecule has 3 aliphatic heterocycles. The molecule has 17 N–H and O–H groups in total. The molecular weight excluding hydrogens is 1000 g/mol. The molecule has 5 heterocycles. The van der Waals surface area contributed by atoms with Crippen molar-refractivity contribution >= 4 is 22.8 Å². The molecule has 0 unspecified atom stereocenters. The summed E-state index contributed by atoms with van der Waals surface area (Å²) in [6.45, 7) is 0.490. The Labute approximate surface area is 438 Å². The summed E-state index contributed by atoms with van der Waals surface area (Å²) in [7, 11) is 0. The fourth-order valence-corrected chi connectivity index (χ4v) is 14.2. The average Bonchev–Trinajstić information content (AvgIpc) is 4.24. The molecule has 406 valence electrons. The number of nitrogens with one attached hydrogen (secondary N) is 4. The molecule has 2 saturated heterocycles. The summed E-state index contributed by atoms with van der Waals surface area (Å²) >= 11 is 0. The molecule has 7 aliphatic rings. The van der Waals surface area contributed by atoms with E-state index in [4.69, 9.17) is 34.8 Å². The van der Waals surface area contributed by atoms with Gasteiger partial charge in [0.05, 0.1) is 12.4 Å². The van der Waals surface area contributed by atoms with E-state index in [0.717, 1.165) is 49.0 Å². The molecule has 2 bridgehead atoms. The zero-order valence-corrected chi connectivity index (χ0v) is 41.4. The summed E-state index contributed by atoms with van der Waals surface area (Å²) in [5, 5.41) is 116. The number of ether oxygens (including phenoxy) is 4. The first-order valence-electron chi connectivity index (χ1n) is 25.7.